The number of methoxy groups -OCH3 is 1. The van der Waals surface area contributed by atoms with E-state index < -0.39 is 26.2 Å². The van der Waals surface area contributed by atoms with Crippen molar-refractivity contribution in [3.63, 3.8) is 0 Å². The van der Waals surface area contributed by atoms with Crippen LogP contribution in [0, 0.1) is 0 Å². The molecule has 0 aliphatic heterocycles. The lowest BCUT2D eigenvalue weighted by Gasteiger charge is -2.06. The summed E-state index contributed by atoms with van der Waals surface area (Å²) in [4.78, 5) is 11.5. The van der Waals surface area contributed by atoms with E-state index in [4.69, 9.17) is 14.3 Å². The molecule has 1 amide bonds. The fourth-order valence-electron chi connectivity index (χ4n) is 0.861. The Labute approximate surface area is 99.0 Å². The number of hydrogen-bond donors (Lipinski definition) is 1. The van der Waals surface area contributed by atoms with Crippen LogP contribution in [0.25, 0.3) is 0 Å². The molecule has 82 valence electrons. The van der Waals surface area contributed by atoms with E-state index >= 15 is 0 Å². The number of carbonyl (C=O) groups excluding carboxylic acids is 1. The summed E-state index contributed by atoms with van der Waals surface area (Å²) in [6.45, 7) is -6.52. The number of nitrogens with one attached hydrogen (secondary N) is 1. The first-order valence-corrected chi connectivity index (χ1v) is 4.12. The van der Waals surface area contributed by atoms with Gasteiger partial charge in [0.05, 0.1) is 16.2 Å². The maximum absolute atomic E-state index is 11.5. The van der Waals surface area contributed by atoms with Crippen LogP contribution in [0.3, 0.4) is 0 Å². The minimum atomic E-state index is -3.27. The Morgan fingerprint density at radius 3 is 3.07 bits per heavy atom. The van der Waals surface area contributed by atoms with Crippen molar-refractivity contribution in [3.8, 4) is 0 Å². The van der Waals surface area contributed by atoms with Gasteiger partial charge in [-0.2, -0.15) is 0 Å². The lowest BCUT2D eigenvalue weighted by molar-refractivity contribution is 0.133. The van der Waals surface area contributed by atoms with Crippen LogP contribution in [-0.2, 0) is 16.1 Å². The molecule has 1 aromatic rings. The summed E-state index contributed by atoms with van der Waals surface area (Å²) in [5.41, 5.74) is 0.653. The third kappa shape index (κ3) is 5.02. The van der Waals surface area contributed by atoms with Crippen LogP contribution in [0.2, 0.25) is 0 Å². The molecule has 4 heteroatoms. The Hall–Kier alpha value is -1.55. The van der Waals surface area contributed by atoms with E-state index in [2.05, 4.69) is 4.74 Å². The van der Waals surface area contributed by atoms with E-state index in [-0.39, 0.29) is 6.61 Å². The van der Waals surface area contributed by atoms with Gasteiger partial charge in [-0.25, -0.2) is 4.79 Å². The quantitative estimate of drug-likeness (QED) is 0.812. The number of carbonyl (C=O) groups is 1. The predicted octanol–water partition coefficient (Wildman–Crippen LogP) is 1.56. The van der Waals surface area contributed by atoms with Crippen LogP contribution in [0.15, 0.2) is 30.3 Å². The monoisotopic (exact) mass is 216 g/mol. The Morgan fingerprint density at radius 1 is 1.53 bits per heavy atom. The van der Waals surface area contributed by atoms with Gasteiger partial charge in [-0.05, 0) is 5.56 Å². The molecule has 1 aromatic carbocycles. The molecule has 0 radical (unpaired) electrons. The number of hydrogen-bond acceptors (Lipinski definition) is 3. The minimum Gasteiger partial charge on any atom is -0.445 e. The first-order chi connectivity index (χ1) is 9.93. The molecular weight excluding hydrogens is 194 g/mol. The van der Waals surface area contributed by atoms with Crippen molar-refractivity contribution in [2.75, 3.05) is 20.1 Å². The summed E-state index contributed by atoms with van der Waals surface area (Å²) in [7, 11) is -3.16. The highest BCUT2D eigenvalue weighted by molar-refractivity contribution is 5.67. The summed E-state index contributed by atoms with van der Waals surface area (Å²) >= 11 is 0. The SMILES string of the molecule is [2H]C([2H])([2H])OC([2H])([2H])C([2H])([2H])NC(=O)OCc1ccccc1. The van der Waals surface area contributed by atoms with E-state index in [1.165, 1.54) is 0 Å². The number of ether oxygens (including phenoxy) is 2. The molecule has 0 spiro atoms. The van der Waals surface area contributed by atoms with Crippen molar-refractivity contribution in [3.05, 3.63) is 35.9 Å². The number of rotatable bonds is 5. The van der Waals surface area contributed by atoms with Gasteiger partial charge >= 0.3 is 6.09 Å². The van der Waals surface area contributed by atoms with E-state index in [1.807, 2.05) is 0 Å². The highest BCUT2D eigenvalue weighted by Gasteiger charge is 2.00. The zero-order valence-corrected chi connectivity index (χ0v) is 7.82. The number of alkyl carbamates (subject to hydrolysis) is 1. The molecule has 0 aliphatic carbocycles. The maximum atomic E-state index is 11.5. The molecule has 0 saturated carbocycles. The van der Waals surface area contributed by atoms with Crippen LogP contribution in [0.5, 0.6) is 0 Å². The second-order valence-electron chi connectivity index (χ2n) is 2.52. The van der Waals surface area contributed by atoms with Crippen molar-refractivity contribution in [1.82, 2.24) is 5.32 Å². The Balaban J connectivity index is 2.61. The van der Waals surface area contributed by atoms with Gasteiger partial charge < -0.3 is 14.8 Å². The molecule has 0 heterocycles. The van der Waals surface area contributed by atoms with E-state index in [0.29, 0.717) is 5.56 Å². The third-order valence-electron chi connectivity index (χ3n) is 1.48. The van der Waals surface area contributed by atoms with Crippen molar-refractivity contribution in [1.29, 1.82) is 0 Å². The summed E-state index contributed by atoms with van der Waals surface area (Å²) in [5.74, 6) is 0. The second-order valence-corrected chi connectivity index (χ2v) is 2.52. The molecule has 0 aromatic heterocycles. The molecule has 0 saturated heterocycles. The molecule has 15 heavy (non-hydrogen) atoms. The van der Waals surface area contributed by atoms with Gasteiger partial charge in [0.2, 0.25) is 0 Å². The number of amides is 1. The highest BCUT2D eigenvalue weighted by Crippen LogP contribution is 2.00. The summed E-state index contributed by atoms with van der Waals surface area (Å²) in [6, 6.07) is 8.57. The first-order valence-electron chi connectivity index (χ1n) is 7.62. The third-order valence-corrected chi connectivity index (χ3v) is 1.48. The lowest BCUT2D eigenvalue weighted by atomic mass is 10.2. The average molecular weight is 216 g/mol. The summed E-state index contributed by atoms with van der Waals surface area (Å²) in [5, 5.41) is 1.61. The van der Waals surface area contributed by atoms with E-state index in [1.54, 1.807) is 35.6 Å². The Kier molecular flexibility index (Phi) is 2.27. The molecule has 0 unspecified atom stereocenters. The van der Waals surface area contributed by atoms with Gasteiger partial charge in [0.15, 0.2) is 0 Å². The van der Waals surface area contributed by atoms with Gasteiger partial charge in [-0.15, -0.1) is 0 Å². The number of benzene rings is 1. The van der Waals surface area contributed by atoms with Crippen LogP contribution >= 0.6 is 0 Å². The normalized spacial score (nSPS) is 19.3. The Morgan fingerprint density at radius 2 is 2.33 bits per heavy atom. The first kappa shape index (κ1) is 4.99. The molecular formula is C11H15NO3. The predicted molar refractivity (Wildman–Crippen MR) is 56.5 cm³/mol. The van der Waals surface area contributed by atoms with Crippen molar-refractivity contribution in [2.45, 2.75) is 6.61 Å². The van der Waals surface area contributed by atoms with Gasteiger partial charge in [0.25, 0.3) is 0 Å². The van der Waals surface area contributed by atoms with Crippen molar-refractivity contribution >= 4 is 6.09 Å². The maximum Gasteiger partial charge on any atom is 0.407 e. The molecule has 4 nitrogen and oxygen atoms in total. The smallest absolute Gasteiger partial charge is 0.407 e. The average Bonchev–Trinajstić information content (AvgIpc) is 2.34. The largest absolute Gasteiger partial charge is 0.445 e. The summed E-state index contributed by atoms with van der Waals surface area (Å²) < 4.78 is 58.7. The van der Waals surface area contributed by atoms with Crippen molar-refractivity contribution in [2.24, 2.45) is 0 Å². The molecule has 1 rings (SSSR count). The molecule has 0 atom stereocenters. The van der Waals surface area contributed by atoms with Crippen LogP contribution in [0.1, 0.15) is 15.2 Å². The van der Waals surface area contributed by atoms with Gasteiger partial charge in [0, 0.05) is 13.5 Å². The summed E-state index contributed by atoms with van der Waals surface area (Å²) in [6.07, 6.45) is -1.24. The second kappa shape index (κ2) is 6.84. The highest BCUT2D eigenvalue weighted by atomic mass is 16.5. The topological polar surface area (TPSA) is 47.6 Å². The zero-order valence-electron chi connectivity index (χ0n) is 14.8. The van der Waals surface area contributed by atoms with E-state index in [9.17, 15) is 4.79 Å². The standard InChI is InChI=1S/C11H15NO3/c1-14-8-7-12-11(13)15-9-10-5-3-2-4-6-10/h2-6H,7-9H2,1H3,(H,12,13)/i1D3,7D2,8D2. The van der Waals surface area contributed by atoms with Crippen molar-refractivity contribution < 1.29 is 23.9 Å². The van der Waals surface area contributed by atoms with E-state index in [0.717, 1.165) is 0 Å². The van der Waals surface area contributed by atoms with Gasteiger partial charge in [-0.1, -0.05) is 30.3 Å². The molecule has 0 aliphatic rings. The molecule has 0 fully saturated rings. The van der Waals surface area contributed by atoms with Crippen LogP contribution in [0.4, 0.5) is 4.79 Å². The van der Waals surface area contributed by atoms with Gasteiger partial charge in [-0.3, -0.25) is 0 Å². The lowest BCUT2D eigenvalue weighted by Crippen LogP contribution is -2.27. The fourth-order valence-corrected chi connectivity index (χ4v) is 0.861. The minimum absolute atomic E-state index is 0.147. The van der Waals surface area contributed by atoms with Gasteiger partial charge in [0.1, 0.15) is 6.61 Å². The van der Waals surface area contributed by atoms with Crippen LogP contribution < -0.4 is 5.32 Å². The molecule has 1 N–H and O–H groups in total. The zero-order chi connectivity index (χ0) is 17.0. The fraction of sp³-hybridized carbons (Fsp3) is 0.364. The van der Waals surface area contributed by atoms with Crippen LogP contribution in [-0.4, -0.2) is 26.2 Å². The molecule has 0 bridgehead atoms. The Bertz CT molecular complexity index is 504.